The van der Waals surface area contributed by atoms with Gasteiger partial charge in [-0.3, -0.25) is 0 Å². The average Bonchev–Trinajstić information content (AvgIpc) is 2.86. The first-order valence-corrected chi connectivity index (χ1v) is 11.7. The Labute approximate surface area is 198 Å². The van der Waals surface area contributed by atoms with E-state index in [1.807, 2.05) is 13.1 Å². The first-order chi connectivity index (χ1) is 16.5. The molecule has 3 N–H and O–H groups in total. The molecular weight excluding hydrogens is 441 g/mol. The lowest BCUT2D eigenvalue weighted by Gasteiger charge is -2.31. The molecular formula is C24H32FN5O4. The second-order valence-electron chi connectivity index (χ2n) is 8.68. The predicted molar refractivity (Wildman–Crippen MR) is 124 cm³/mol. The van der Waals surface area contributed by atoms with E-state index in [4.69, 9.17) is 9.47 Å². The minimum Gasteiger partial charge on any atom is -0.494 e. The topological polar surface area (TPSA) is 109 Å². The van der Waals surface area contributed by atoms with Gasteiger partial charge in [0, 0.05) is 25.4 Å². The van der Waals surface area contributed by atoms with E-state index in [2.05, 4.69) is 20.6 Å². The summed E-state index contributed by atoms with van der Waals surface area (Å²) >= 11 is 0. The number of halogens is 1. The van der Waals surface area contributed by atoms with Crippen LogP contribution in [0.2, 0.25) is 0 Å². The zero-order valence-corrected chi connectivity index (χ0v) is 19.6. The Balaban J connectivity index is 1.40. The van der Waals surface area contributed by atoms with Crippen molar-refractivity contribution < 1.29 is 23.8 Å². The van der Waals surface area contributed by atoms with Crippen molar-refractivity contribution in [2.75, 3.05) is 32.2 Å². The summed E-state index contributed by atoms with van der Waals surface area (Å²) in [5.41, 5.74) is 2.53. The van der Waals surface area contributed by atoms with Crippen molar-refractivity contribution >= 4 is 12.0 Å². The highest BCUT2D eigenvalue weighted by Crippen LogP contribution is 2.25. The van der Waals surface area contributed by atoms with Gasteiger partial charge < -0.3 is 30.1 Å². The van der Waals surface area contributed by atoms with Crippen LogP contribution in [-0.2, 0) is 17.7 Å². The second kappa shape index (κ2) is 11.0. The Morgan fingerprint density at radius 2 is 2.29 bits per heavy atom. The van der Waals surface area contributed by atoms with Crippen LogP contribution in [0, 0.1) is 5.82 Å². The van der Waals surface area contributed by atoms with Crippen molar-refractivity contribution in [3.05, 3.63) is 47.0 Å². The summed E-state index contributed by atoms with van der Waals surface area (Å²) in [4.78, 5) is 23.9. The molecule has 1 aromatic heterocycles. The normalized spacial score (nSPS) is 20.9. The highest BCUT2D eigenvalue weighted by Gasteiger charge is 2.26. The van der Waals surface area contributed by atoms with E-state index in [1.165, 1.54) is 13.2 Å². The maximum absolute atomic E-state index is 14.2. The number of rotatable bonds is 7. The quantitative estimate of drug-likeness (QED) is 0.567. The molecule has 2 amide bonds. The van der Waals surface area contributed by atoms with E-state index in [1.54, 1.807) is 17.0 Å². The number of hydrogen-bond donors (Lipinski definition) is 3. The lowest BCUT2D eigenvalue weighted by atomic mass is 10.0. The van der Waals surface area contributed by atoms with Crippen molar-refractivity contribution in [3.63, 3.8) is 0 Å². The first-order valence-electron chi connectivity index (χ1n) is 11.7. The fraction of sp³-hybridized carbons (Fsp3) is 0.542. The molecule has 4 rings (SSSR count). The van der Waals surface area contributed by atoms with E-state index in [-0.39, 0.29) is 36.6 Å². The monoisotopic (exact) mass is 473 g/mol. The molecule has 0 aliphatic carbocycles. The minimum atomic E-state index is -0.453. The largest absolute Gasteiger partial charge is 0.494 e. The van der Waals surface area contributed by atoms with E-state index in [0.29, 0.717) is 50.5 Å². The zero-order valence-electron chi connectivity index (χ0n) is 19.6. The third kappa shape index (κ3) is 5.56. The van der Waals surface area contributed by atoms with Crippen molar-refractivity contribution in [1.29, 1.82) is 0 Å². The highest BCUT2D eigenvalue weighted by atomic mass is 19.1. The SMILES string of the molecule is CC[C@@H](NC(=O)N1CCc2cnc(N[C@H]3CCO[C@@H](CO)C3)nc2C1)c1ccc(OC)c(F)c1. The van der Waals surface area contributed by atoms with Crippen LogP contribution in [0.1, 0.15) is 49.0 Å². The van der Waals surface area contributed by atoms with E-state index >= 15 is 0 Å². The van der Waals surface area contributed by atoms with E-state index in [0.717, 1.165) is 17.7 Å². The van der Waals surface area contributed by atoms with Crippen molar-refractivity contribution in [2.45, 2.75) is 57.3 Å². The van der Waals surface area contributed by atoms with Crippen molar-refractivity contribution in [2.24, 2.45) is 0 Å². The van der Waals surface area contributed by atoms with Gasteiger partial charge in [0.25, 0.3) is 0 Å². The van der Waals surface area contributed by atoms with Crippen molar-refractivity contribution in [1.82, 2.24) is 20.2 Å². The number of carbonyl (C=O) groups excluding carboxylic acids is 1. The number of aliphatic hydroxyl groups excluding tert-OH is 1. The summed E-state index contributed by atoms with van der Waals surface area (Å²) in [7, 11) is 1.42. The molecule has 2 aliphatic heterocycles. The first kappa shape index (κ1) is 24.2. The summed E-state index contributed by atoms with van der Waals surface area (Å²) in [6.07, 6.45) is 4.44. The van der Waals surface area contributed by atoms with Crippen LogP contribution in [-0.4, -0.2) is 65.0 Å². The molecule has 0 spiro atoms. The van der Waals surface area contributed by atoms with Gasteiger partial charge in [-0.25, -0.2) is 19.2 Å². The molecule has 9 nitrogen and oxygen atoms in total. The van der Waals surface area contributed by atoms with E-state index < -0.39 is 5.82 Å². The van der Waals surface area contributed by atoms with Gasteiger partial charge in [0.05, 0.1) is 38.1 Å². The molecule has 34 heavy (non-hydrogen) atoms. The molecule has 2 aromatic rings. The second-order valence-corrected chi connectivity index (χ2v) is 8.68. The number of fused-ring (bicyclic) bond motifs is 1. The standard InChI is InChI=1S/C24H32FN5O4/c1-3-20(15-4-5-22(33-2)19(25)10-15)29-24(32)30-8-6-16-12-26-23(28-21(16)13-30)27-17-7-9-34-18(11-17)14-31/h4-5,10,12,17-18,20,31H,3,6-9,11,13-14H2,1-2H3,(H,29,32)(H,26,27,28)/t17-,18+,20+/m0/s1. The van der Waals surface area contributed by atoms with Gasteiger partial charge in [0.2, 0.25) is 5.95 Å². The number of carbonyl (C=O) groups is 1. The van der Waals surface area contributed by atoms with Gasteiger partial charge in [-0.1, -0.05) is 13.0 Å². The molecule has 10 heteroatoms. The lowest BCUT2D eigenvalue weighted by molar-refractivity contribution is -0.0213. The Morgan fingerprint density at radius 1 is 1.44 bits per heavy atom. The Bertz CT molecular complexity index is 1010. The average molecular weight is 474 g/mol. The summed E-state index contributed by atoms with van der Waals surface area (Å²) in [5.74, 6) is 0.241. The van der Waals surface area contributed by atoms with Crippen LogP contribution in [0.3, 0.4) is 0 Å². The molecule has 0 radical (unpaired) electrons. The maximum Gasteiger partial charge on any atom is 0.318 e. The fourth-order valence-electron chi connectivity index (χ4n) is 4.43. The number of benzene rings is 1. The Morgan fingerprint density at radius 3 is 3.03 bits per heavy atom. The van der Waals surface area contributed by atoms with Crippen LogP contribution >= 0.6 is 0 Å². The summed E-state index contributed by atoms with van der Waals surface area (Å²) in [5, 5.41) is 15.7. The van der Waals surface area contributed by atoms with Gasteiger partial charge in [-0.05, 0) is 48.9 Å². The molecule has 3 atom stereocenters. The number of hydrogen-bond acceptors (Lipinski definition) is 7. The maximum atomic E-state index is 14.2. The number of urea groups is 1. The van der Waals surface area contributed by atoms with E-state index in [9.17, 15) is 14.3 Å². The molecule has 0 bridgehead atoms. The van der Waals surface area contributed by atoms with Gasteiger partial charge in [-0.2, -0.15) is 0 Å². The van der Waals surface area contributed by atoms with Gasteiger partial charge in [-0.15, -0.1) is 0 Å². The number of nitrogens with one attached hydrogen (secondary N) is 2. The molecule has 184 valence electrons. The molecule has 0 unspecified atom stereocenters. The summed E-state index contributed by atoms with van der Waals surface area (Å²) in [6, 6.07) is 4.35. The molecule has 1 saturated heterocycles. The highest BCUT2D eigenvalue weighted by molar-refractivity contribution is 5.75. The number of methoxy groups -OCH3 is 1. The molecule has 1 fully saturated rings. The Hall–Kier alpha value is -2.98. The number of aromatic nitrogens is 2. The van der Waals surface area contributed by atoms with Crippen LogP contribution in [0.15, 0.2) is 24.4 Å². The number of nitrogens with zero attached hydrogens (tertiary/aromatic N) is 3. The summed E-state index contributed by atoms with van der Waals surface area (Å²) in [6.45, 7) is 3.45. The van der Waals surface area contributed by atoms with Crippen LogP contribution in [0.4, 0.5) is 15.1 Å². The van der Waals surface area contributed by atoms with Crippen LogP contribution in [0.5, 0.6) is 5.75 Å². The number of aliphatic hydroxyl groups is 1. The molecule has 3 heterocycles. The number of amides is 2. The van der Waals surface area contributed by atoms with Gasteiger partial charge in [0.15, 0.2) is 11.6 Å². The van der Waals surface area contributed by atoms with Gasteiger partial charge in [0.1, 0.15) is 0 Å². The van der Waals surface area contributed by atoms with Gasteiger partial charge >= 0.3 is 6.03 Å². The molecule has 2 aliphatic rings. The van der Waals surface area contributed by atoms with Crippen molar-refractivity contribution in [3.8, 4) is 5.75 Å². The predicted octanol–water partition coefficient (Wildman–Crippen LogP) is 2.80. The third-order valence-electron chi connectivity index (χ3n) is 6.42. The molecule has 1 aromatic carbocycles. The summed E-state index contributed by atoms with van der Waals surface area (Å²) < 4.78 is 24.7. The fourth-order valence-corrected chi connectivity index (χ4v) is 4.43. The number of anilines is 1. The number of ether oxygens (including phenoxy) is 2. The minimum absolute atomic E-state index is 0.00474. The smallest absolute Gasteiger partial charge is 0.318 e. The molecule has 0 saturated carbocycles. The lowest BCUT2D eigenvalue weighted by Crippen LogP contribution is -2.44. The Kier molecular flexibility index (Phi) is 7.79. The van der Waals surface area contributed by atoms with Crippen LogP contribution in [0.25, 0.3) is 0 Å². The zero-order chi connectivity index (χ0) is 24.1. The van der Waals surface area contributed by atoms with Crippen LogP contribution < -0.4 is 15.4 Å². The third-order valence-corrected chi connectivity index (χ3v) is 6.42.